The number of Topliss-reactive ketones (excluding diaryl/α,β-unsaturated/α-hetero) is 1. The van der Waals surface area contributed by atoms with Gasteiger partial charge in [0.15, 0.2) is 0 Å². The van der Waals surface area contributed by atoms with Crippen LogP contribution < -0.4 is 0 Å². The van der Waals surface area contributed by atoms with Gasteiger partial charge in [0.1, 0.15) is 5.78 Å². The second-order valence-corrected chi connectivity index (χ2v) is 6.69. The molecule has 2 aromatic rings. The lowest BCUT2D eigenvalue weighted by molar-refractivity contribution is -0.123. The minimum Gasteiger partial charge on any atom is -0.301 e. The van der Waals surface area contributed by atoms with Crippen LogP contribution in [0.1, 0.15) is 51.7 Å². The summed E-state index contributed by atoms with van der Waals surface area (Å²) in [5, 5.41) is 0. The van der Waals surface area contributed by atoms with E-state index in [0.29, 0.717) is 18.2 Å². The molecule has 2 rings (SSSR count). The van der Waals surface area contributed by atoms with Crippen LogP contribution in [0.2, 0.25) is 0 Å². The second-order valence-electron chi connectivity index (χ2n) is 6.69. The Labute approximate surface area is 152 Å². The Hall–Kier alpha value is -1.93. The van der Waals surface area contributed by atoms with E-state index in [-0.39, 0.29) is 0 Å². The van der Waals surface area contributed by atoms with Crippen molar-refractivity contribution >= 4 is 5.78 Å². The highest BCUT2D eigenvalue weighted by Crippen LogP contribution is 2.39. The molecule has 0 saturated carbocycles. The van der Waals surface area contributed by atoms with Gasteiger partial charge in [-0.3, -0.25) is 4.79 Å². The van der Waals surface area contributed by atoms with E-state index in [2.05, 4.69) is 49.9 Å². The van der Waals surface area contributed by atoms with Crippen molar-refractivity contribution in [1.29, 1.82) is 0 Å². The molecule has 25 heavy (non-hydrogen) atoms. The van der Waals surface area contributed by atoms with Crippen molar-refractivity contribution in [3.63, 3.8) is 0 Å². The number of ketones is 1. The first-order valence-electron chi connectivity index (χ1n) is 9.48. The molecule has 0 aromatic heterocycles. The summed E-state index contributed by atoms with van der Waals surface area (Å²) in [5.74, 6) is 0.295. The number of nitrogens with zero attached hydrogens (tertiary/aromatic N) is 1. The zero-order chi connectivity index (χ0) is 18.3. The van der Waals surface area contributed by atoms with Gasteiger partial charge >= 0.3 is 0 Å². The minimum absolute atomic E-state index is 0.295. The molecule has 1 unspecified atom stereocenters. The normalized spacial score (nSPS) is 13.0. The topological polar surface area (TPSA) is 20.3 Å². The molecule has 2 nitrogen and oxygen atoms in total. The summed E-state index contributed by atoms with van der Waals surface area (Å²) in [6.07, 6.45) is 1.34. The third kappa shape index (κ3) is 4.01. The Bertz CT molecular complexity index is 607. The van der Waals surface area contributed by atoms with Crippen molar-refractivity contribution in [2.45, 2.75) is 52.0 Å². The molecule has 0 aliphatic rings. The number of carbonyl (C=O) groups is 1. The Morgan fingerprint density at radius 2 is 1.32 bits per heavy atom. The van der Waals surface area contributed by atoms with E-state index in [9.17, 15) is 4.79 Å². The third-order valence-electron chi connectivity index (χ3n) is 5.37. The number of benzene rings is 2. The van der Waals surface area contributed by atoms with Crippen LogP contribution in [0.4, 0.5) is 0 Å². The summed E-state index contributed by atoms with van der Waals surface area (Å²) >= 11 is 0. The van der Waals surface area contributed by atoms with Crippen LogP contribution in [0.15, 0.2) is 60.7 Å². The molecule has 2 aromatic carbocycles. The first-order chi connectivity index (χ1) is 12.1. The molecule has 0 fully saturated rings. The van der Waals surface area contributed by atoms with Crippen LogP contribution in [0, 0.1) is 0 Å². The van der Waals surface area contributed by atoms with Gasteiger partial charge in [-0.05, 0) is 37.6 Å². The Morgan fingerprint density at radius 3 is 1.68 bits per heavy atom. The predicted octanol–water partition coefficient (Wildman–Crippen LogP) is 5.07. The largest absolute Gasteiger partial charge is 0.301 e. The van der Waals surface area contributed by atoms with Crippen molar-refractivity contribution in [1.82, 2.24) is 4.90 Å². The van der Waals surface area contributed by atoms with E-state index in [1.165, 1.54) is 0 Å². The van der Waals surface area contributed by atoms with Gasteiger partial charge in [0.25, 0.3) is 0 Å². The average Bonchev–Trinajstić information content (AvgIpc) is 2.67. The summed E-state index contributed by atoms with van der Waals surface area (Å²) in [6.45, 7) is 10.6. The highest BCUT2D eigenvalue weighted by atomic mass is 16.1. The molecule has 2 heteroatoms. The first-order valence-corrected chi connectivity index (χ1v) is 9.48. The lowest BCUT2D eigenvalue weighted by Crippen LogP contribution is -2.44. The van der Waals surface area contributed by atoms with Gasteiger partial charge in [-0.1, -0.05) is 81.4 Å². The van der Waals surface area contributed by atoms with E-state index in [4.69, 9.17) is 0 Å². The van der Waals surface area contributed by atoms with Crippen LogP contribution in [0.25, 0.3) is 0 Å². The quantitative estimate of drug-likeness (QED) is 0.636. The minimum atomic E-state index is -0.584. The van der Waals surface area contributed by atoms with E-state index in [1.807, 2.05) is 43.3 Å². The highest BCUT2D eigenvalue weighted by Gasteiger charge is 2.42. The monoisotopic (exact) mass is 337 g/mol. The van der Waals surface area contributed by atoms with Crippen LogP contribution in [-0.2, 0) is 10.2 Å². The Kier molecular flexibility index (Phi) is 6.95. The fourth-order valence-electron chi connectivity index (χ4n) is 4.00. The molecule has 0 saturated heterocycles. The number of carbonyl (C=O) groups excluding carboxylic acids is 1. The maximum absolute atomic E-state index is 13.4. The molecular formula is C23H31NO. The summed E-state index contributed by atoms with van der Waals surface area (Å²) in [6, 6.07) is 20.9. The van der Waals surface area contributed by atoms with Gasteiger partial charge in [0.2, 0.25) is 0 Å². The van der Waals surface area contributed by atoms with Crippen molar-refractivity contribution in [3.05, 3.63) is 71.8 Å². The molecule has 0 heterocycles. The highest BCUT2D eigenvalue weighted by molar-refractivity contribution is 5.93. The molecule has 134 valence electrons. The molecule has 0 bridgehead atoms. The summed E-state index contributed by atoms with van der Waals surface area (Å²) in [7, 11) is 0. The Morgan fingerprint density at radius 1 is 0.880 bits per heavy atom. The summed E-state index contributed by atoms with van der Waals surface area (Å²) in [5.41, 5.74) is 1.62. The van der Waals surface area contributed by atoms with E-state index in [1.54, 1.807) is 0 Å². The maximum Gasteiger partial charge on any atom is 0.147 e. The van der Waals surface area contributed by atoms with Gasteiger partial charge in [-0.2, -0.15) is 0 Å². The van der Waals surface area contributed by atoms with Crippen molar-refractivity contribution in [2.24, 2.45) is 0 Å². The molecule has 0 amide bonds. The average molecular weight is 338 g/mol. The standard InChI is InChI=1S/C23H31NO/c1-5-22(25)23(20-14-10-8-11-15-20,21-16-12-9-13-17-21)18-19(4)24(6-2)7-3/h8-17,19H,5-7,18H2,1-4H3. The van der Waals surface area contributed by atoms with E-state index >= 15 is 0 Å². The van der Waals surface area contributed by atoms with Crippen molar-refractivity contribution in [2.75, 3.05) is 13.1 Å². The molecule has 0 N–H and O–H groups in total. The van der Waals surface area contributed by atoms with E-state index < -0.39 is 5.41 Å². The van der Waals surface area contributed by atoms with Crippen LogP contribution in [-0.4, -0.2) is 29.8 Å². The lowest BCUT2D eigenvalue weighted by atomic mass is 9.67. The summed E-state index contributed by atoms with van der Waals surface area (Å²) < 4.78 is 0. The van der Waals surface area contributed by atoms with Crippen LogP contribution >= 0.6 is 0 Å². The molecular weight excluding hydrogens is 306 g/mol. The first kappa shape index (κ1) is 19.4. The van der Waals surface area contributed by atoms with E-state index in [0.717, 1.165) is 30.6 Å². The Balaban J connectivity index is 2.62. The SMILES string of the molecule is CCC(=O)C(CC(C)N(CC)CC)(c1ccccc1)c1ccccc1. The number of rotatable bonds is 9. The maximum atomic E-state index is 13.4. The third-order valence-corrected chi connectivity index (χ3v) is 5.37. The number of hydrogen-bond donors (Lipinski definition) is 0. The van der Waals surface area contributed by atoms with Crippen molar-refractivity contribution < 1.29 is 4.79 Å². The zero-order valence-electron chi connectivity index (χ0n) is 16.0. The second kappa shape index (κ2) is 8.96. The smallest absolute Gasteiger partial charge is 0.147 e. The number of hydrogen-bond acceptors (Lipinski definition) is 2. The van der Waals surface area contributed by atoms with Gasteiger partial charge < -0.3 is 4.90 Å². The fourth-order valence-corrected chi connectivity index (χ4v) is 4.00. The van der Waals surface area contributed by atoms with Gasteiger partial charge in [0.05, 0.1) is 5.41 Å². The van der Waals surface area contributed by atoms with Gasteiger partial charge in [-0.15, -0.1) is 0 Å². The summed E-state index contributed by atoms with van der Waals surface area (Å²) in [4.78, 5) is 15.8. The lowest BCUT2D eigenvalue weighted by Gasteiger charge is -2.39. The molecule has 0 aliphatic carbocycles. The fraction of sp³-hybridized carbons (Fsp3) is 0.435. The zero-order valence-corrected chi connectivity index (χ0v) is 16.0. The molecule has 0 radical (unpaired) electrons. The van der Waals surface area contributed by atoms with Gasteiger partial charge in [-0.25, -0.2) is 0 Å². The van der Waals surface area contributed by atoms with Crippen LogP contribution in [0.3, 0.4) is 0 Å². The molecule has 0 spiro atoms. The van der Waals surface area contributed by atoms with Gasteiger partial charge in [0, 0.05) is 12.5 Å². The molecule has 0 aliphatic heterocycles. The molecule has 1 atom stereocenters. The van der Waals surface area contributed by atoms with Crippen LogP contribution in [0.5, 0.6) is 0 Å². The van der Waals surface area contributed by atoms with Crippen molar-refractivity contribution in [3.8, 4) is 0 Å². The predicted molar refractivity (Wildman–Crippen MR) is 106 cm³/mol.